The van der Waals surface area contributed by atoms with Crippen molar-refractivity contribution in [3.05, 3.63) is 16.8 Å². The van der Waals surface area contributed by atoms with E-state index in [2.05, 4.69) is 20.3 Å². The number of fused-ring (bicyclic) bond motifs is 1. The summed E-state index contributed by atoms with van der Waals surface area (Å²) in [5, 5.41) is 3.15. The first-order chi connectivity index (χ1) is 8.09. The fraction of sp³-hybridized carbons (Fsp3) is 0.545. The zero-order chi connectivity index (χ0) is 13.0. The number of imidazole rings is 1. The van der Waals surface area contributed by atoms with E-state index in [1.54, 1.807) is 7.05 Å². The van der Waals surface area contributed by atoms with Gasteiger partial charge in [0, 0.05) is 13.1 Å². The molecule has 0 saturated carbocycles. The number of aromatic amines is 1. The maximum atomic E-state index is 11.4. The zero-order valence-electron chi connectivity index (χ0n) is 10.9. The lowest BCUT2D eigenvalue weighted by Crippen LogP contribution is -2.12. The molecular weight excluding hydrogens is 218 g/mol. The minimum atomic E-state index is -0.183. The van der Waals surface area contributed by atoms with Crippen LogP contribution in [0.5, 0.6) is 0 Å². The summed E-state index contributed by atoms with van der Waals surface area (Å²) in [6.07, 6.45) is 1.44. The Morgan fingerprint density at radius 1 is 1.35 bits per heavy atom. The van der Waals surface area contributed by atoms with Gasteiger partial charge in [-0.05, 0) is 13.8 Å². The molecule has 0 bridgehead atoms. The monoisotopic (exact) mass is 237 g/mol. The van der Waals surface area contributed by atoms with Crippen LogP contribution in [0.15, 0.2) is 11.1 Å². The van der Waals surface area contributed by atoms with E-state index in [1.807, 2.05) is 27.7 Å². The summed E-state index contributed by atoms with van der Waals surface area (Å²) in [6.45, 7) is 8.02. The maximum absolute atomic E-state index is 11.4. The fourth-order valence-electron chi connectivity index (χ4n) is 1.42. The van der Waals surface area contributed by atoms with Gasteiger partial charge in [-0.15, -0.1) is 0 Å². The molecule has 2 rings (SSSR count). The number of H-pyrrole nitrogens is 1. The molecule has 17 heavy (non-hydrogen) atoms. The highest BCUT2D eigenvalue weighted by Gasteiger charge is 2.10. The van der Waals surface area contributed by atoms with Gasteiger partial charge in [0.25, 0.3) is 0 Å². The van der Waals surface area contributed by atoms with Gasteiger partial charge in [0.2, 0.25) is 0 Å². The number of anilines is 1. The smallest absolute Gasteiger partial charge is 0.327 e. The summed E-state index contributed by atoms with van der Waals surface area (Å²) in [4.78, 5) is 22.3. The SMILES string of the molecule is CC.CC(C)Nc1ncnc2c1[nH]c(=O)n2C. The van der Waals surface area contributed by atoms with Crippen molar-refractivity contribution >= 4 is 17.0 Å². The van der Waals surface area contributed by atoms with Crippen LogP contribution < -0.4 is 11.0 Å². The second kappa shape index (κ2) is 5.47. The van der Waals surface area contributed by atoms with Crippen LogP contribution in [0, 0.1) is 0 Å². The Bertz CT molecular complexity index is 540. The Morgan fingerprint density at radius 2 is 2.00 bits per heavy atom. The summed E-state index contributed by atoms with van der Waals surface area (Å²) in [5.41, 5.74) is 1.08. The Labute approximate surface area is 100 Å². The van der Waals surface area contributed by atoms with Gasteiger partial charge in [-0.2, -0.15) is 0 Å². The van der Waals surface area contributed by atoms with Gasteiger partial charge in [-0.3, -0.25) is 4.57 Å². The first-order valence-corrected chi connectivity index (χ1v) is 5.76. The van der Waals surface area contributed by atoms with E-state index < -0.39 is 0 Å². The minimum Gasteiger partial charge on any atom is -0.366 e. The highest BCUT2D eigenvalue weighted by Crippen LogP contribution is 2.14. The van der Waals surface area contributed by atoms with Gasteiger partial charge in [-0.1, -0.05) is 13.8 Å². The molecule has 0 fully saturated rings. The van der Waals surface area contributed by atoms with E-state index in [0.29, 0.717) is 17.0 Å². The molecule has 94 valence electrons. The molecular formula is C11H19N5O. The fourth-order valence-corrected chi connectivity index (χ4v) is 1.42. The molecule has 0 spiro atoms. The van der Waals surface area contributed by atoms with Crippen LogP contribution in [0.4, 0.5) is 5.82 Å². The highest BCUT2D eigenvalue weighted by atomic mass is 16.1. The van der Waals surface area contributed by atoms with E-state index in [0.717, 1.165) is 0 Å². The average Bonchev–Trinajstić information content (AvgIpc) is 2.59. The van der Waals surface area contributed by atoms with Crippen molar-refractivity contribution in [2.45, 2.75) is 33.7 Å². The summed E-state index contributed by atoms with van der Waals surface area (Å²) in [5.74, 6) is 0.660. The molecule has 0 saturated heterocycles. The summed E-state index contributed by atoms with van der Waals surface area (Å²) in [7, 11) is 1.67. The van der Waals surface area contributed by atoms with Gasteiger partial charge in [0.1, 0.15) is 11.8 Å². The number of aryl methyl sites for hydroxylation is 1. The Hall–Kier alpha value is -1.85. The Balaban J connectivity index is 0.000000686. The van der Waals surface area contributed by atoms with E-state index >= 15 is 0 Å². The van der Waals surface area contributed by atoms with Gasteiger partial charge < -0.3 is 10.3 Å². The quantitative estimate of drug-likeness (QED) is 0.830. The maximum Gasteiger partial charge on any atom is 0.327 e. The molecule has 0 amide bonds. The topological polar surface area (TPSA) is 75.6 Å². The number of nitrogens with zero attached hydrogens (tertiary/aromatic N) is 3. The third-order valence-electron chi connectivity index (χ3n) is 2.11. The van der Waals surface area contributed by atoms with Gasteiger partial charge >= 0.3 is 5.69 Å². The van der Waals surface area contributed by atoms with Crippen LogP contribution in [-0.4, -0.2) is 25.6 Å². The average molecular weight is 237 g/mol. The molecule has 2 N–H and O–H groups in total. The van der Waals surface area contributed by atoms with Crippen LogP contribution in [0.2, 0.25) is 0 Å². The molecule has 0 aliphatic rings. The number of hydrogen-bond acceptors (Lipinski definition) is 4. The standard InChI is InChI=1S/C9H13N5O.C2H6/c1-5(2)12-7-6-8(11-4-10-7)14(3)9(15)13-6;1-2/h4-5H,1-3H3,(H,13,15)(H,10,11,12);1-2H3. The highest BCUT2D eigenvalue weighted by molar-refractivity contribution is 5.82. The molecule has 6 heteroatoms. The predicted octanol–water partition coefficient (Wildman–Crippen LogP) is 1.50. The van der Waals surface area contributed by atoms with E-state index in [1.165, 1.54) is 10.9 Å². The molecule has 0 aromatic carbocycles. The van der Waals surface area contributed by atoms with Crippen molar-refractivity contribution in [3.8, 4) is 0 Å². The molecule has 0 aliphatic carbocycles. The number of nitrogens with one attached hydrogen (secondary N) is 2. The molecule has 0 radical (unpaired) electrons. The molecule has 2 heterocycles. The van der Waals surface area contributed by atoms with Crippen molar-refractivity contribution in [2.24, 2.45) is 7.05 Å². The van der Waals surface area contributed by atoms with Crippen LogP contribution >= 0.6 is 0 Å². The van der Waals surface area contributed by atoms with Crippen molar-refractivity contribution in [3.63, 3.8) is 0 Å². The van der Waals surface area contributed by atoms with Crippen LogP contribution in [0.25, 0.3) is 11.2 Å². The summed E-state index contributed by atoms with van der Waals surface area (Å²) < 4.78 is 1.46. The van der Waals surface area contributed by atoms with Crippen molar-refractivity contribution in [1.82, 2.24) is 19.5 Å². The van der Waals surface area contributed by atoms with E-state index in [4.69, 9.17) is 0 Å². The molecule has 2 aromatic heterocycles. The van der Waals surface area contributed by atoms with E-state index in [-0.39, 0.29) is 11.7 Å². The van der Waals surface area contributed by atoms with Gasteiger partial charge in [0.05, 0.1) is 0 Å². The van der Waals surface area contributed by atoms with Gasteiger partial charge in [-0.25, -0.2) is 14.8 Å². The lowest BCUT2D eigenvalue weighted by Gasteiger charge is -2.08. The second-order valence-corrected chi connectivity index (χ2v) is 3.71. The molecule has 0 atom stereocenters. The predicted molar refractivity (Wildman–Crippen MR) is 69.2 cm³/mol. The normalized spacial score (nSPS) is 10.2. The summed E-state index contributed by atoms with van der Waals surface area (Å²) in [6, 6.07) is 0.256. The third-order valence-corrected chi connectivity index (χ3v) is 2.11. The van der Waals surface area contributed by atoms with Crippen LogP contribution in [-0.2, 0) is 7.05 Å². The Morgan fingerprint density at radius 3 is 2.59 bits per heavy atom. The first-order valence-electron chi connectivity index (χ1n) is 5.76. The van der Waals surface area contributed by atoms with Crippen LogP contribution in [0.1, 0.15) is 27.7 Å². The zero-order valence-corrected chi connectivity index (χ0v) is 10.9. The Kier molecular flexibility index (Phi) is 4.25. The number of hydrogen-bond donors (Lipinski definition) is 2. The molecule has 0 unspecified atom stereocenters. The largest absolute Gasteiger partial charge is 0.366 e. The first kappa shape index (κ1) is 13.2. The number of aromatic nitrogens is 4. The number of rotatable bonds is 2. The van der Waals surface area contributed by atoms with Crippen molar-refractivity contribution in [2.75, 3.05) is 5.32 Å². The van der Waals surface area contributed by atoms with Crippen molar-refractivity contribution in [1.29, 1.82) is 0 Å². The van der Waals surface area contributed by atoms with E-state index in [9.17, 15) is 4.79 Å². The molecule has 0 aliphatic heterocycles. The lowest BCUT2D eigenvalue weighted by atomic mass is 10.4. The van der Waals surface area contributed by atoms with Gasteiger partial charge in [0.15, 0.2) is 11.5 Å². The summed E-state index contributed by atoms with van der Waals surface area (Å²) >= 11 is 0. The van der Waals surface area contributed by atoms with Crippen molar-refractivity contribution < 1.29 is 0 Å². The second-order valence-electron chi connectivity index (χ2n) is 3.71. The van der Waals surface area contributed by atoms with Crippen LogP contribution in [0.3, 0.4) is 0 Å². The third kappa shape index (κ3) is 2.64. The lowest BCUT2D eigenvalue weighted by molar-refractivity contribution is 0.875. The minimum absolute atomic E-state index is 0.183. The molecule has 2 aromatic rings. The molecule has 6 nitrogen and oxygen atoms in total.